The van der Waals surface area contributed by atoms with Gasteiger partial charge in [-0.15, -0.1) is 0 Å². The molecule has 3 heteroatoms. The summed E-state index contributed by atoms with van der Waals surface area (Å²) in [5, 5.41) is 0. The summed E-state index contributed by atoms with van der Waals surface area (Å²) in [4.78, 5) is 4.51. The monoisotopic (exact) mass is 182 g/mol. The third-order valence-electron chi connectivity index (χ3n) is 2.38. The molecule has 0 bridgehead atoms. The molecule has 1 unspecified atom stereocenters. The van der Waals surface area contributed by atoms with E-state index in [9.17, 15) is 0 Å². The predicted molar refractivity (Wildman–Crippen MR) is 52.6 cm³/mol. The van der Waals surface area contributed by atoms with Crippen molar-refractivity contribution in [2.45, 2.75) is 32.8 Å². The van der Waals surface area contributed by atoms with E-state index in [0.717, 1.165) is 17.9 Å². The lowest BCUT2D eigenvalue weighted by atomic mass is 10.1. The van der Waals surface area contributed by atoms with Gasteiger partial charge >= 0.3 is 0 Å². The first kappa shape index (κ1) is 10.3. The normalized spacial score (nSPS) is 13.2. The van der Waals surface area contributed by atoms with Gasteiger partial charge < -0.3 is 9.30 Å². The lowest BCUT2D eigenvalue weighted by molar-refractivity contribution is 0.175. The van der Waals surface area contributed by atoms with Crippen molar-refractivity contribution in [1.82, 2.24) is 9.55 Å². The second-order valence-electron chi connectivity index (χ2n) is 3.44. The summed E-state index contributed by atoms with van der Waals surface area (Å²) >= 11 is 0. The molecule has 1 heterocycles. The third-order valence-corrected chi connectivity index (χ3v) is 2.38. The van der Waals surface area contributed by atoms with Crippen LogP contribution in [-0.4, -0.2) is 16.7 Å². The minimum absolute atomic E-state index is 0.539. The van der Waals surface area contributed by atoms with Crippen molar-refractivity contribution in [2.75, 3.05) is 7.11 Å². The smallest absolute Gasteiger partial charge is 0.134 e. The molecule has 0 aliphatic heterocycles. The number of aryl methyl sites for hydroxylation is 1. The van der Waals surface area contributed by atoms with Gasteiger partial charge in [0, 0.05) is 20.4 Å². The first-order valence-corrected chi connectivity index (χ1v) is 4.70. The number of methoxy groups -OCH3 is 1. The van der Waals surface area contributed by atoms with Gasteiger partial charge in [0.2, 0.25) is 0 Å². The number of aromatic nitrogens is 2. The fourth-order valence-electron chi connectivity index (χ4n) is 1.24. The van der Waals surface area contributed by atoms with Crippen molar-refractivity contribution in [3.8, 4) is 0 Å². The molecular formula is C10H18N2O. The Morgan fingerprint density at radius 2 is 2.31 bits per heavy atom. The van der Waals surface area contributed by atoms with Gasteiger partial charge in [-0.3, -0.25) is 0 Å². The van der Waals surface area contributed by atoms with Crippen LogP contribution in [0.1, 0.15) is 37.7 Å². The van der Waals surface area contributed by atoms with Gasteiger partial charge in [-0.25, -0.2) is 4.98 Å². The van der Waals surface area contributed by atoms with Crippen molar-refractivity contribution >= 4 is 0 Å². The Balaban J connectivity index is 2.81. The molecule has 0 N–H and O–H groups in total. The maximum Gasteiger partial charge on any atom is 0.134 e. The molecule has 3 nitrogen and oxygen atoms in total. The van der Waals surface area contributed by atoms with E-state index in [1.54, 1.807) is 7.11 Å². The number of ether oxygens (including phenoxy) is 1. The van der Waals surface area contributed by atoms with Crippen molar-refractivity contribution in [3.05, 3.63) is 17.7 Å². The first-order valence-electron chi connectivity index (χ1n) is 4.70. The van der Waals surface area contributed by atoms with Gasteiger partial charge in [0.15, 0.2) is 0 Å². The molecule has 0 spiro atoms. The SMILES string of the molecule is CCC(C)c1cn(C)c(COC)n1. The lowest BCUT2D eigenvalue weighted by Crippen LogP contribution is -1.98. The van der Waals surface area contributed by atoms with Crippen molar-refractivity contribution < 1.29 is 4.74 Å². The molecule has 0 aliphatic rings. The maximum atomic E-state index is 5.05. The highest BCUT2D eigenvalue weighted by molar-refractivity contribution is 5.07. The number of hydrogen-bond acceptors (Lipinski definition) is 2. The Hall–Kier alpha value is -0.830. The van der Waals surface area contributed by atoms with Gasteiger partial charge in [-0.2, -0.15) is 0 Å². The van der Waals surface area contributed by atoms with Crippen molar-refractivity contribution in [1.29, 1.82) is 0 Å². The van der Waals surface area contributed by atoms with Crippen molar-refractivity contribution in [3.63, 3.8) is 0 Å². The number of rotatable bonds is 4. The average molecular weight is 182 g/mol. The zero-order chi connectivity index (χ0) is 9.84. The van der Waals surface area contributed by atoms with Crippen LogP contribution in [-0.2, 0) is 18.4 Å². The zero-order valence-electron chi connectivity index (χ0n) is 8.87. The van der Waals surface area contributed by atoms with Gasteiger partial charge in [-0.1, -0.05) is 13.8 Å². The van der Waals surface area contributed by atoms with Crippen LogP contribution in [0.3, 0.4) is 0 Å². The Labute approximate surface area is 79.7 Å². The second-order valence-corrected chi connectivity index (χ2v) is 3.44. The Bertz CT molecular complexity index is 268. The van der Waals surface area contributed by atoms with E-state index < -0.39 is 0 Å². The van der Waals surface area contributed by atoms with Crippen LogP contribution < -0.4 is 0 Å². The van der Waals surface area contributed by atoms with E-state index in [4.69, 9.17) is 4.74 Å². The molecule has 0 aromatic carbocycles. The number of hydrogen-bond donors (Lipinski definition) is 0. The molecule has 74 valence electrons. The van der Waals surface area contributed by atoms with Gasteiger partial charge in [-0.05, 0) is 12.3 Å². The minimum atomic E-state index is 0.539. The summed E-state index contributed by atoms with van der Waals surface area (Å²) in [6, 6.07) is 0. The van der Waals surface area contributed by atoms with Crippen molar-refractivity contribution in [2.24, 2.45) is 7.05 Å². The average Bonchev–Trinajstić information content (AvgIpc) is 2.47. The molecule has 0 aliphatic carbocycles. The van der Waals surface area contributed by atoms with Crippen LogP contribution in [0.4, 0.5) is 0 Å². The van der Waals surface area contributed by atoms with Crippen LogP contribution in [0, 0.1) is 0 Å². The van der Waals surface area contributed by atoms with Crippen LogP contribution in [0.15, 0.2) is 6.20 Å². The van der Waals surface area contributed by atoms with E-state index in [2.05, 4.69) is 25.0 Å². The summed E-state index contributed by atoms with van der Waals surface area (Å²) in [6.45, 7) is 4.96. The van der Waals surface area contributed by atoms with E-state index in [1.807, 2.05) is 11.6 Å². The maximum absolute atomic E-state index is 5.05. The molecule has 0 radical (unpaired) electrons. The molecule has 13 heavy (non-hydrogen) atoms. The topological polar surface area (TPSA) is 27.1 Å². The van der Waals surface area contributed by atoms with Crippen LogP contribution >= 0.6 is 0 Å². The van der Waals surface area contributed by atoms with Gasteiger partial charge in [0.1, 0.15) is 12.4 Å². The molecule has 1 aromatic rings. The standard InChI is InChI=1S/C10H18N2O/c1-5-8(2)9-6-12(3)10(11-9)7-13-4/h6,8H,5,7H2,1-4H3. The number of imidazole rings is 1. The molecule has 0 fully saturated rings. The Kier molecular flexibility index (Phi) is 3.48. The van der Waals surface area contributed by atoms with Crippen LogP contribution in [0.2, 0.25) is 0 Å². The molecule has 1 rings (SSSR count). The highest BCUT2D eigenvalue weighted by Gasteiger charge is 2.09. The first-order chi connectivity index (χ1) is 6.19. The lowest BCUT2D eigenvalue weighted by Gasteiger charge is -2.01. The molecule has 1 aromatic heterocycles. The van der Waals surface area contributed by atoms with E-state index >= 15 is 0 Å². The fourth-order valence-corrected chi connectivity index (χ4v) is 1.24. The van der Waals surface area contributed by atoms with Gasteiger partial charge in [0.05, 0.1) is 5.69 Å². The quantitative estimate of drug-likeness (QED) is 0.713. The van der Waals surface area contributed by atoms with Gasteiger partial charge in [0.25, 0.3) is 0 Å². The summed E-state index contributed by atoms with van der Waals surface area (Å²) in [6.07, 6.45) is 3.21. The second kappa shape index (κ2) is 4.42. The highest BCUT2D eigenvalue weighted by Crippen LogP contribution is 2.17. The fraction of sp³-hybridized carbons (Fsp3) is 0.700. The molecule has 1 atom stereocenters. The highest BCUT2D eigenvalue weighted by atomic mass is 16.5. The molecule has 0 saturated carbocycles. The predicted octanol–water partition coefficient (Wildman–Crippen LogP) is 2.08. The Morgan fingerprint density at radius 1 is 1.62 bits per heavy atom. The number of nitrogens with zero attached hydrogens (tertiary/aromatic N) is 2. The third kappa shape index (κ3) is 2.31. The summed E-state index contributed by atoms with van der Waals surface area (Å²) < 4.78 is 7.08. The zero-order valence-corrected chi connectivity index (χ0v) is 8.87. The Morgan fingerprint density at radius 3 is 2.85 bits per heavy atom. The van der Waals surface area contributed by atoms with E-state index in [1.165, 1.54) is 0 Å². The van der Waals surface area contributed by atoms with Crippen LogP contribution in [0.25, 0.3) is 0 Å². The summed E-state index contributed by atoms with van der Waals surface area (Å²) in [7, 11) is 3.70. The van der Waals surface area contributed by atoms with E-state index in [0.29, 0.717) is 12.5 Å². The largest absolute Gasteiger partial charge is 0.377 e. The summed E-state index contributed by atoms with van der Waals surface area (Å²) in [5.74, 6) is 1.54. The molecular weight excluding hydrogens is 164 g/mol. The molecule has 0 saturated heterocycles. The van der Waals surface area contributed by atoms with E-state index in [-0.39, 0.29) is 0 Å². The summed E-state index contributed by atoms with van der Waals surface area (Å²) in [5.41, 5.74) is 1.16. The minimum Gasteiger partial charge on any atom is -0.377 e. The van der Waals surface area contributed by atoms with Crippen LogP contribution in [0.5, 0.6) is 0 Å². The molecule has 0 amide bonds.